The van der Waals surface area contributed by atoms with Crippen molar-refractivity contribution in [3.63, 3.8) is 0 Å². The summed E-state index contributed by atoms with van der Waals surface area (Å²) in [5.74, 6) is 6.31. The highest BCUT2D eigenvalue weighted by Crippen LogP contribution is 2.24. The second-order valence-corrected chi connectivity index (χ2v) is 4.25. The van der Waals surface area contributed by atoms with Crippen LogP contribution in [0.25, 0.3) is 0 Å². The number of hydrogen-bond donors (Lipinski definition) is 1. The zero-order valence-electron chi connectivity index (χ0n) is 7.80. The average Bonchev–Trinajstić information content (AvgIpc) is 2.63. The minimum absolute atomic E-state index is 0.676. The molecule has 2 rings (SSSR count). The van der Waals surface area contributed by atoms with Crippen LogP contribution in [0.2, 0.25) is 5.02 Å². The van der Waals surface area contributed by atoms with Crippen molar-refractivity contribution in [3.05, 3.63) is 41.2 Å². The maximum absolute atomic E-state index is 6.02. The highest BCUT2D eigenvalue weighted by Gasteiger charge is 2.04. The lowest BCUT2D eigenvalue weighted by Gasteiger charge is -2.02. The molecule has 0 aliphatic rings. The first-order valence-corrected chi connectivity index (χ1v) is 5.65. The number of thioether (sulfide) groups is 1. The standard InChI is InChI=1S/C9H9ClN4S/c10-8-4-2-1-3-7(8)5-15-9-13-12-6-14(9)11/h1-4,6H,5,11H2. The van der Waals surface area contributed by atoms with E-state index < -0.39 is 0 Å². The molecule has 1 heterocycles. The summed E-state index contributed by atoms with van der Waals surface area (Å²) >= 11 is 7.52. The summed E-state index contributed by atoms with van der Waals surface area (Å²) in [4.78, 5) is 0. The Morgan fingerprint density at radius 1 is 1.40 bits per heavy atom. The van der Waals surface area contributed by atoms with E-state index in [9.17, 15) is 0 Å². The van der Waals surface area contributed by atoms with Crippen molar-refractivity contribution in [2.45, 2.75) is 10.9 Å². The molecule has 0 aliphatic carbocycles. The van der Waals surface area contributed by atoms with Gasteiger partial charge in [0.25, 0.3) is 0 Å². The van der Waals surface area contributed by atoms with Crippen molar-refractivity contribution in [2.75, 3.05) is 5.84 Å². The first-order valence-electron chi connectivity index (χ1n) is 4.28. The smallest absolute Gasteiger partial charge is 0.209 e. The number of aromatic nitrogens is 3. The normalized spacial score (nSPS) is 10.5. The largest absolute Gasteiger partial charge is 0.336 e. The van der Waals surface area contributed by atoms with Crippen molar-refractivity contribution in [1.29, 1.82) is 0 Å². The van der Waals surface area contributed by atoms with E-state index in [0.29, 0.717) is 5.16 Å². The molecule has 2 N–H and O–H groups in total. The molecule has 6 heteroatoms. The Balaban J connectivity index is 2.06. The second kappa shape index (κ2) is 4.55. The van der Waals surface area contributed by atoms with Crippen LogP contribution in [0, 0.1) is 0 Å². The van der Waals surface area contributed by atoms with Gasteiger partial charge in [-0.05, 0) is 11.6 Å². The highest BCUT2D eigenvalue weighted by molar-refractivity contribution is 7.98. The fourth-order valence-electron chi connectivity index (χ4n) is 1.09. The van der Waals surface area contributed by atoms with Gasteiger partial charge in [0.05, 0.1) is 0 Å². The number of benzene rings is 1. The predicted octanol–water partition coefficient (Wildman–Crippen LogP) is 1.94. The Morgan fingerprint density at radius 3 is 2.87 bits per heavy atom. The van der Waals surface area contributed by atoms with Crippen molar-refractivity contribution in [1.82, 2.24) is 14.9 Å². The molecule has 0 unspecified atom stereocenters. The molecular weight excluding hydrogens is 232 g/mol. The van der Waals surface area contributed by atoms with Crippen LogP contribution in [0.5, 0.6) is 0 Å². The van der Waals surface area contributed by atoms with E-state index in [-0.39, 0.29) is 0 Å². The van der Waals surface area contributed by atoms with Crippen LogP contribution in [0.15, 0.2) is 35.7 Å². The van der Waals surface area contributed by atoms with Crippen molar-refractivity contribution in [2.24, 2.45) is 0 Å². The van der Waals surface area contributed by atoms with Gasteiger partial charge >= 0.3 is 0 Å². The summed E-state index contributed by atoms with van der Waals surface area (Å²) in [7, 11) is 0. The number of nitrogen functional groups attached to an aromatic ring is 1. The molecule has 0 amide bonds. The van der Waals surface area contributed by atoms with E-state index in [2.05, 4.69) is 10.2 Å². The Labute approximate surface area is 96.4 Å². The number of nitrogens with two attached hydrogens (primary N) is 1. The molecule has 0 aliphatic heterocycles. The number of halogens is 1. The quantitative estimate of drug-likeness (QED) is 0.658. The van der Waals surface area contributed by atoms with E-state index in [1.165, 1.54) is 22.8 Å². The molecule has 0 bridgehead atoms. The van der Waals surface area contributed by atoms with E-state index in [4.69, 9.17) is 17.4 Å². The van der Waals surface area contributed by atoms with Crippen LogP contribution in [0.1, 0.15) is 5.56 Å². The first kappa shape index (κ1) is 10.3. The zero-order valence-corrected chi connectivity index (χ0v) is 9.37. The molecule has 0 radical (unpaired) electrons. The van der Waals surface area contributed by atoms with Crippen LogP contribution in [-0.4, -0.2) is 14.9 Å². The third-order valence-electron chi connectivity index (χ3n) is 1.85. The predicted molar refractivity (Wildman–Crippen MR) is 61.2 cm³/mol. The van der Waals surface area contributed by atoms with Gasteiger partial charge in [-0.25, -0.2) is 4.68 Å². The average molecular weight is 241 g/mol. The van der Waals surface area contributed by atoms with Gasteiger partial charge < -0.3 is 5.84 Å². The zero-order chi connectivity index (χ0) is 10.7. The van der Waals surface area contributed by atoms with Gasteiger partial charge in [0.2, 0.25) is 5.16 Å². The van der Waals surface area contributed by atoms with Gasteiger partial charge in [0, 0.05) is 10.8 Å². The number of nitrogens with zero attached hydrogens (tertiary/aromatic N) is 3. The topological polar surface area (TPSA) is 56.7 Å². The van der Waals surface area contributed by atoms with E-state index in [1.54, 1.807) is 0 Å². The molecule has 0 saturated heterocycles. The van der Waals surface area contributed by atoms with E-state index in [1.807, 2.05) is 24.3 Å². The summed E-state index contributed by atoms with van der Waals surface area (Å²) in [5, 5.41) is 8.99. The summed E-state index contributed by atoms with van der Waals surface area (Å²) in [5.41, 5.74) is 1.06. The molecule has 2 aromatic rings. The molecule has 0 fully saturated rings. The molecule has 0 atom stereocenters. The monoisotopic (exact) mass is 240 g/mol. The van der Waals surface area contributed by atoms with Crippen LogP contribution in [-0.2, 0) is 5.75 Å². The molecular formula is C9H9ClN4S. The maximum atomic E-state index is 6.02. The van der Waals surface area contributed by atoms with Crippen LogP contribution < -0.4 is 5.84 Å². The Bertz CT molecular complexity index is 457. The van der Waals surface area contributed by atoms with Crippen LogP contribution in [0.4, 0.5) is 0 Å². The minimum atomic E-state index is 0.676. The molecule has 78 valence electrons. The molecule has 4 nitrogen and oxygen atoms in total. The van der Waals surface area contributed by atoms with Gasteiger partial charge in [0.15, 0.2) is 0 Å². The molecule has 0 spiro atoms. The van der Waals surface area contributed by atoms with E-state index >= 15 is 0 Å². The highest BCUT2D eigenvalue weighted by atomic mass is 35.5. The van der Waals surface area contributed by atoms with Gasteiger partial charge in [-0.15, -0.1) is 10.2 Å². The van der Waals surface area contributed by atoms with Gasteiger partial charge in [-0.1, -0.05) is 41.6 Å². The third-order valence-corrected chi connectivity index (χ3v) is 3.23. The van der Waals surface area contributed by atoms with Crippen molar-refractivity contribution >= 4 is 23.4 Å². The van der Waals surface area contributed by atoms with E-state index in [0.717, 1.165) is 16.3 Å². The molecule has 1 aromatic carbocycles. The second-order valence-electron chi connectivity index (χ2n) is 2.90. The maximum Gasteiger partial charge on any atom is 0.209 e. The SMILES string of the molecule is Nn1cnnc1SCc1ccccc1Cl. The fraction of sp³-hybridized carbons (Fsp3) is 0.111. The minimum Gasteiger partial charge on any atom is -0.336 e. The Hall–Kier alpha value is -1.20. The van der Waals surface area contributed by atoms with Crippen molar-refractivity contribution < 1.29 is 0 Å². The number of hydrogen-bond acceptors (Lipinski definition) is 4. The van der Waals surface area contributed by atoms with Gasteiger partial charge in [-0.3, -0.25) is 0 Å². The Kier molecular flexibility index (Phi) is 3.13. The lowest BCUT2D eigenvalue weighted by Crippen LogP contribution is -2.07. The van der Waals surface area contributed by atoms with Crippen molar-refractivity contribution in [3.8, 4) is 0 Å². The van der Waals surface area contributed by atoms with Crippen LogP contribution >= 0.6 is 23.4 Å². The summed E-state index contributed by atoms with van der Waals surface area (Å²) in [6, 6.07) is 7.70. The third kappa shape index (κ3) is 2.43. The lowest BCUT2D eigenvalue weighted by atomic mass is 10.2. The van der Waals surface area contributed by atoms with Gasteiger partial charge in [0.1, 0.15) is 6.33 Å². The fourth-order valence-corrected chi connectivity index (χ4v) is 2.21. The molecule has 15 heavy (non-hydrogen) atoms. The summed E-state index contributed by atoms with van der Waals surface area (Å²) < 4.78 is 1.39. The molecule has 0 saturated carbocycles. The molecule has 1 aromatic heterocycles. The van der Waals surface area contributed by atoms with Gasteiger partial charge in [-0.2, -0.15) is 0 Å². The summed E-state index contributed by atoms with van der Waals surface area (Å²) in [6.45, 7) is 0. The lowest BCUT2D eigenvalue weighted by molar-refractivity contribution is 0.846. The van der Waals surface area contributed by atoms with Crippen LogP contribution in [0.3, 0.4) is 0 Å². The number of rotatable bonds is 3. The first-order chi connectivity index (χ1) is 7.27. The summed E-state index contributed by atoms with van der Waals surface area (Å²) in [6.07, 6.45) is 1.47. The Morgan fingerprint density at radius 2 is 2.20 bits per heavy atom.